The molecule has 1 heterocycles. The molecule has 5 heteroatoms. The smallest absolute Gasteiger partial charge is 0.332 e. The van der Waals surface area contributed by atoms with Crippen LogP contribution in [0.5, 0.6) is 0 Å². The lowest BCUT2D eigenvalue weighted by Crippen LogP contribution is -2.34. The summed E-state index contributed by atoms with van der Waals surface area (Å²) in [5, 5.41) is 11.8. The van der Waals surface area contributed by atoms with Crippen LogP contribution in [0.25, 0.3) is 0 Å². The van der Waals surface area contributed by atoms with Crippen LogP contribution in [0.2, 0.25) is 0 Å². The molecule has 1 aliphatic heterocycles. The summed E-state index contributed by atoms with van der Waals surface area (Å²) in [4.78, 5) is 22.7. The number of nitrogens with one attached hydrogen (secondary N) is 1. The third-order valence-corrected chi connectivity index (χ3v) is 5.24. The first-order valence-electron chi connectivity index (χ1n) is 7.76. The lowest BCUT2D eigenvalue weighted by atomic mass is 9.86. The second-order valence-electron chi connectivity index (χ2n) is 6.61. The van der Waals surface area contributed by atoms with Crippen molar-refractivity contribution in [3.05, 3.63) is 0 Å². The molecule has 112 valence electrons. The number of carbonyl (C=O) groups is 2. The summed E-state index contributed by atoms with van der Waals surface area (Å²) in [5.41, 5.74) is 0. The van der Waals surface area contributed by atoms with Crippen molar-refractivity contribution in [3.8, 4) is 0 Å². The molecule has 0 spiro atoms. The Kier molecular flexibility index (Phi) is 3.96. The van der Waals surface area contributed by atoms with Gasteiger partial charge < -0.3 is 15.2 Å². The average Bonchev–Trinajstić information content (AvgIpc) is 3.12. The third-order valence-electron chi connectivity index (χ3n) is 5.24. The first kappa shape index (κ1) is 13.9. The van der Waals surface area contributed by atoms with Crippen LogP contribution in [-0.4, -0.2) is 35.7 Å². The highest BCUT2D eigenvalue weighted by Gasteiger charge is 2.40. The van der Waals surface area contributed by atoms with E-state index in [1.54, 1.807) is 0 Å². The van der Waals surface area contributed by atoms with E-state index in [1.165, 1.54) is 25.7 Å². The summed E-state index contributed by atoms with van der Waals surface area (Å²) >= 11 is 0. The lowest BCUT2D eigenvalue weighted by molar-refractivity contribution is -0.149. The van der Waals surface area contributed by atoms with E-state index in [9.17, 15) is 9.59 Å². The fourth-order valence-electron chi connectivity index (χ4n) is 4.20. The standard InChI is InChI=1S/C15H23NO4/c17-14(7-11-6-9-1-2-10(11)5-9)16-8-12-3-4-13(20-12)15(18)19/h9-13H,1-8H2,(H,16,17)(H,18,19). The highest BCUT2D eigenvalue weighted by molar-refractivity contribution is 5.76. The zero-order chi connectivity index (χ0) is 14.1. The molecule has 2 bridgehead atoms. The number of aliphatic carboxylic acids is 1. The van der Waals surface area contributed by atoms with E-state index >= 15 is 0 Å². The Bertz CT molecular complexity index is 397. The minimum Gasteiger partial charge on any atom is -0.479 e. The summed E-state index contributed by atoms with van der Waals surface area (Å²) in [7, 11) is 0. The zero-order valence-electron chi connectivity index (χ0n) is 11.7. The highest BCUT2D eigenvalue weighted by Crippen LogP contribution is 2.49. The first-order valence-corrected chi connectivity index (χ1v) is 7.76. The van der Waals surface area contributed by atoms with Gasteiger partial charge in [-0.1, -0.05) is 6.42 Å². The van der Waals surface area contributed by atoms with Crippen LogP contribution in [0.3, 0.4) is 0 Å². The minimum atomic E-state index is -0.902. The first-order chi connectivity index (χ1) is 9.61. The number of carboxylic acids is 1. The number of hydrogen-bond acceptors (Lipinski definition) is 3. The molecular formula is C15H23NO4. The summed E-state index contributed by atoms with van der Waals surface area (Å²) in [6.45, 7) is 0.448. The summed E-state index contributed by atoms with van der Waals surface area (Å²) < 4.78 is 5.38. The van der Waals surface area contributed by atoms with Gasteiger partial charge in [-0.25, -0.2) is 4.79 Å². The highest BCUT2D eigenvalue weighted by atomic mass is 16.5. The Balaban J connectivity index is 1.36. The van der Waals surface area contributed by atoms with Gasteiger partial charge in [0.15, 0.2) is 6.10 Å². The third kappa shape index (κ3) is 2.97. The van der Waals surface area contributed by atoms with Gasteiger partial charge in [-0.2, -0.15) is 0 Å². The Morgan fingerprint density at radius 1 is 1.15 bits per heavy atom. The van der Waals surface area contributed by atoms with E-state index in [0.29, 0.717) is 31.7 Å². The van der Waals surface area contributed by atoms with Crippen molar-refractivity contribution in [2.75, 3.05) is 6.54 Å². The predicted octanol–water partition coefficient (Wildman–Crippen LogP) is 1.56. The quantitative estimate of drug-likeness (QED) is 0.802. The SMILES string of the molecule is O=C(CC1CC2CCC1C2)NCC1CCC(C(=O)O)O1. The molecule has 0 aromatic heterocycles. The normalized spacial score (nSPS) is 39.1. The van der Waals surface area contributed by atoms with Crippen LogP contribution < -0.4 is 5.32 Å². The second-order valence-corrected chi connectivity index (χ2v) is 6.61. The molecule has 3 aliphatic rings. The maximum absolute atomic E-state index is 12.0. The van der Waals surface area contributed by atoms with Gasteiger partial charge in [0.1, 0.15) is 0 Å². The molecule has 0 radical (unpaired) electrons. The molecule has 2 N–H and O–H groups in total. The van der Waals surface area contributed by atoms with E-state index in [-0.39, 0.29) is 12.0 Å². The monoisotopic (exact) mass is 281 g/mol. The molecule has 5 atom stereocenters. The molecule has 2 saturated carbocycles. The molecule has 1 amide bonds. The van der Waals surface area contributed by atoms with Crippen LogP contribution in [0.1, 0.15) is 44.9 Å². The van der Waals surface area contributed by atoms with Crippen LogP contribution in [0, 0.1) is 17.8 Å². The molecule has 5 unspecified atom stereocenters. The van der Waals surface area contributed by atoms with Crippen LogP contribution in [0.4, 0.5) is 0 Å². The molecule has 3 fully saturated rings. The van der Waals surface area contributed by atoms with Gasteiger partial charge >= 0.3 is 5.97 Å². The number of carboxylic acid groups (broad SMARTS) is 1. The lowest BCUT2D eigenvalue weighted by Gasteiger charge is -2.21. The van der Waals surface area contributed by atoms with Gasteiger partial charge in [0.05, 0.1) is 6.10 Å². The second kappa shape index (κ2) is 5.72. The molecule has 1 saturated heterocycles. The van der Waals surface area contributed by atoms with E-state index < -0.39 is 12.1 Å². The van der Waals surface area contributed by atoms with Crippen molar-refractivity contribution < 1.29 is 19.4 Å². The van der Waals surface area contributed by atoms with Crippen molar-refractivity contribution in [2.45, 2.75) is 57.2 Å². The number of amides is 1. The van der Waals surface area contributed by atoms with Gasteiger partial charge in [-0.3, -0.25) is 4.79 Å². The van der Waals surface area contributed by atoms with Crippen molar-refractivity contribution >= 4 is 11.9 Å². The number of hydrogen-bond donors (Lipinski definition) is 2. The fourth-order valence-corrected chi connectivity index (χ4v) is 4.20. The van der Waals surface area contributed by atoms with Gasteiger partial charge in [0, 0.05) is 13.0 Å². The molecular weight excluding hydrogens is 258 g/mol. The van der Waals surface area contributed by atoms with E-state index in [1.807, 2.05) is 0 Å². The number of ether oxygens (including phenoxy) is 1. The number of carbonyl (C=O) groups excluding carboxylic acids is 1. The molecule has 5 nitrogen and oxygen atoms in total. The minimum absolute atomic E-state index is 0.102. The Morgan fingerprint density at radius 2 is 2.00 bits per heavy atom. The topological polar surface area (TPSA) is 75.6 Å². The zero-order valence-corrected chi connectivity index (χ0v) is 11.7. The maximum atomic E-state index is 12.0. The summed E-state index contributed by atoms with van der Waals surface area (Å²) in [6, 6.07) is 0. The predicted molar refractivity (Wildman–Crippen MR) is 72.1 cm³/mol. The van der Waals surface area contributed by atoms with Crippen molar-refractivity contribution in [1.29, 1.82) is 0 Å². The van der Waals surface area contributed by atoms with E-state index in [4.69, 9.17) is 9.84 Å². The van der Waals surface area contributed by atoms with E-state index in [0.717, 1.165) is 11.8 Å². The Hall–Kier alpha value is -1.10. The van der Waals surface area contributed by atoms with Gasteiger partial charge in [0.25, 0.3) is 0 Å². The number of fused-ring (bicyclic) bond motifs is 2. The Labute approximate surface area is 119 Å². The molecule has 20 heavy (non-hydrogen) atoms. The largest absolute Gasteiger partial charge is 0.479 e. The molecule has 0 aromatic rings. The van der Waals surface area contributed by atoms with Gasteiger partial charge in [-0.15, -0.1) is 0 Å². The fraction of sp³-hybridized carbons (Fsp3) is 0.867. The van der Waals surface area contributed by atoms with Crippen LogP contribution >= 0.6 is 0 Å². The van der Waals surface area contributed by atoms with Gasteiger partial charge in [0.2, 0.25) is 5.91 Å². The van der Waals surface area contributed by atoms with Crippen molar-refractivity contribution in [1.82, 2.24) is 5.32 Å². The van der Waals surface area contributed by atoms with Crippen LogP contribution in [0.15, 0.2) is 0 Å². The van der Waals surface area contributed by atoms with E-state index in [2.05, 4.69) is 5.32 Å². The van der Waals surface area contributed by atoms with Crippen molar-refractivity contribution in [3.63, 3.8) is 0 Å². The summed E-state index contributed by atoms with van der Waals surface area (Å²) in [6.07, 6.45) is 6.26. The van der Waals surface area contributed by atoms with Crippen molar-refractivity contribution in [2.24, 2.45) is 17.8 Å². The Morgan fingerprint density at radius 3 is 2.60 bits per heavy atom. The number of rotatable bonds is 5. The van der Waals surface area contributed by atoms with Gasteiger partial charge in [-0.05, 0) is 49.9 Å². The molecule has 2 aliphatic carbocycles. The van der Waals surface area contributed by atoms with Crippen LogP contribution in [-0.2, 0) is 14.3 Å². The molecule has 3 rings (SSSR count). The summed E-state index contributed by atoms with van der Waals surface area (Å²) in [5.74, 6) is 1.41. The average molecular weight is 281 g/mol. The molecule has 0 aromatic carbocycles. The maximum Gasteiger partial charge on any atom is 0.332 e.